The highest BCUT2D eigenvalue weighted by Gasteiger charge is 2.18. The van der Waals surface area contributed by atoms with Gasteiger partial charge in [-0.1, -0.05) is 93.6 Å². The van der Waals surface area contributed by atoms with Crippen molar-refractivity contribution in [3.8, 4) is 0 Å². The van der Waals surface area contributed by atoms with E-state index in [-0.39, 0.29) is 5.92 Å². The van der Waals surface area contributed by atoms with E-state index in [1.54, 1.807) is 0 Å². The molecule has 1 atom stereocenters. The summed E-state index contributed by atoms with van der Waals surface area (Å²) < 4.78 is 2.39. The van der Waals surface area contributed by atoms with E-state index in [0.717, 1.165) is 24.3 Å². The van der Waals surface area contributed by atoms with Crippen LogP contribution in [0.1, 0.15) is 49.2 Å². The number of hydrogen-bond acceptors (Lipinski definition) is 1. The van der Waals surface area contributed by atoms with Crippen LogP contribution in [0.4, 0.5) is 0 Å². The van der Waals surface area contributed by atoms with Gasteiger partial charge in [-0.05, 0) is 58.0 Å². The van der Waals surface area contributed by atoms with Crippen LogP contribution in [0.25, 0.3) is 21.8 Å². The Labute approximate surface area is 190 Å². The summed E-state index contributed by atoms with van der Waals surface area (Å²) in [5.41, 5.74) is 6.27. The number of rotatable bonds is 6. The van der Waals surface area contributed by atoms with Gasteiger partial charge in [0.05, 0.1) is 11.0 Å². The fourth-order valence-corrected chi connectivity index (χ4v) is 4.67. The van der Waals surface area contributed by atoms with E-state index in [4.69, 9.17) is 4.98 Å². The first kappa shape index (κ1) is 20.5. The zero-order chi connectivity index (χ0) is 22.1. The smallest absolute Gasteiger partial charge is 0.117 e. The minimum absolute atomic E-state index is 0.218. The van der Waals surface area contributed by atoms with E-state index in [2.05, 4.69) is 116 Å². The van der Waals surface area contributed by atoms with Crippen molar-refractivity contribution >= 4 is 21.8 Å². The van der Waals surface area contributed by atoms with Crippen molar-refractivity contribution in [3.63, 3.8) is 0 Å². The molecule has 0 spiro atoms. The maximum absolute atomic E-state index is 5.08. The van der Waals surface area contributed by atoms with Gasteiger partial charge in [0, 0.05) is 12.5 Å². The van der Waals surface area contributed by atoms with Crippen LogP contribution in [0.5, 0.6) is 0 Å². The second kappa shape index (κ2) is 8.63. The van der Waals surface area contributed by atoms with Crippen LogP contribution in [0.3, 0.4) is 0 Å². The van der Waals surface area contributed by atoms with Crippen molar-refractivity contribution in [1.29, 1.82) is 0 Å². The molecule has 0 aliphatic carbocycles. The third kappa shape index (κ3) is 4.05. The molecule has 0 fully saturated rings. The summed E-state index contributed by atoms with van der Waals surface area (Å²) in [5.74, 6) is 2.01. The van der Waals surface area contributed by atoms with Gasteiger partial charge in [0.25, 0.3) is 0 Å². The van der Waals surface area contributed by atoms with Crippen molar-refractivity contribution in [2.75, 3.05) is 0 Å². The quantitative estimate of drug-likeness (QED) is 0.278. The number of aromatic nitrogens is 2. The Kier molecular flexibility index (Phi) is 5.53. The van der Waals surface area contributed by atoms with E-state index in [0.29, 0.717) is 5.92 Å². The molecular weight excluding hydrogens is 388 g/mol. The van der Waals surface area contributed by atoms with Crippen molar-refractivity contribution in [1.82, 2.24) is 9.55 Å². The van der Waals surface area contributed by atoms with E-state index < -0.39 is 0 Å². The van der Waals surface area contributed by atoms with Crippen molar-refractivity contribution in [2.24, 2.45) is 5.92 Å². The van der Waals surface area contributed by atoms with Crippen LogP contribution >= 0.6 is 0 Å². The summed E-state index contributed by atoms with van der Waals surface area (Å²) in [4.78, 5) is 5.08. The minimum Gasteiger partial charge on any atom is -0.323 e. The first-order valence-electron chi connectivity index (χ1n) is 11.6. The number of imidazole rings is 1. The molecule has 0 aliphatic rings. The van der Waals surface area contributed by atoms with Crippen LogP contribution < -0.4 is 0 Å². The minimum atomic E-state index is 0.218. The third-order valence-electron chi connectivity index (χ3n) is 6.35. The highest BCUT2D eigenvalue weighted by molar-refractivity contribution is 5.83. The topological polar surface area (TPSA) is 17.8 Å². The zero-order valence-electron chi connectivity index (χ0n) is 19.1. The summed E-state index contributed by atoms with van der Waals surface area (Å²) in [6.07, 6.45) is 1.12. The van der Waals surface area contributed by atoms with E-state index in [1.165, 1.54) is 33.0 Å². The Morgan fingerprint density at radius 3 is 2.19 bits per heavy atom. The van der Waals surface area contributed by atoms with Crippen LogP contribution in [-0.4, -0.2) is 9.55 Å². The molecule has 5 aromatic rings. The molecule has 0 N–H and O–H groups in total. The lowest BCUT2D eigenvalue weighted by molar-refractivity contribution is 0.646. The summed E-state index contributed by atoms with van der Waals surface area (Å²) in [6.45, 7) is 7.63. The maximum atomic E-state index is 5.08. The lowest BCUT2D eigenvalue weighted by Crippen LogP contribution is -2.09. The molecule has 0 bridgehead atoms. The number of para-hydroxylation sites is 2. The zero-order valence-corrected chi connectivity index (χ0v) is 19.1. The molecule has 32 heavy (non-hydrogen) atoms. The molecule has 0 saturated carbocycles. The average Bonchev–Trinajstić information content (AvgIpc) is 3.17. The van der Waals surface area contributed by atoms with E-state index in [1.807, 2.05) is 0 Å². The summed E-state index contributed by atoms with van der Waals surface area (Å²) in [5, 5.41) is 2.56. The first-order chi connectivity index (χ1) is 15.6. The van der Waals surface area contributed by atoms with Crippen LogP contribution in [0.15, 0.2) is 91.0 Å². The molecule has 0 radical (unpaired) electrons. The lowest BCUT2D eigenvalue weighted by atomic mass is 9.96. The Morgan fingerprint density at radius 2 is 1.41 bits per heavy atom. The molecule has 0 saturated heterocycles. The SMILES string of the molecule is CC(C)Cc1ccc([C@H](C)c2nc3ccccc3n2Cc2ccc3ccccc3c2)cc1. The monoisotopic (exact) mass is 418 g/mol. The number of benzene rings is 4. The van der Waals surface area contributed by atoms with Crippen LogP contribution in [0.2, 0.25) is 0 Å². The van der Waals surface area contributed by atoms with Gasteiger partial charge in [0.2, 0.25) is 0 Å². The molecule has 5 rings (SSSR count). The Balaban J connectivity index is 1.53. The molecule has 1 heterocycles. The number of hydrogen-bond donors (Lipinski definition) is 0. The fraction of sp³-hybridized carbons (Fsp3) is 0.233. The standard InChI is InChI=1S/C30H30N2/c1-21(2)18-23-12-15-25(16-13-23)22(3)30-31-28-10-6-7-11-29(28)32(30)20-24-14-17-26-8-4-5-9-27(26)19-24/h4-17,19,21-22H,18,20H2,1-3H3/t22-/m0/s1. The van der Waals surface area contributed by atoms with Crippen LogP contribution in [0, 0.1) is 5.92 Å². The molecule has 2 nitrogen and oxygen atoms in total. The van der Waals surface area contributed by atoms with Gasteiger partial charge in [-0.2, -0.15) is 0 Å². The Bertz CT molecular complexity index is 1360. The molecule has 160 valence electrons. The summed E-state index contributed by atoms with van der Waals surface area (Å²) in [7, 11) is 0. The Morgan fingerprint density at radius 1 is 0.719 bits per heavy atom. The molecule has 0 amide bonds. The molecule has 0 unspecified atom stereocenters. The van der Waals surface area contributed by atoms with Gasteiger partial charge >= 0.3 is 0 Å². The molecular formula is C30H30N2. The van der Waals surface area contributed by atoms with Gasteiger partial charge in [-0.15, -0.1) is 0 Å². The summed E-state index contributed by atoms with van der Waals surface area (Å²) in [6, 6.07) is 32.9. The second-order valence-electron chi connectivity index (χ2n) is 9.29. The van der Waals surface area contributed by atoms with Crippen molar-refractivity contribution in [3.05, 3.63) is 114 Å². The highest BCUT2D eigenvalue weighted by atomic mass is 15.1. The molecule has 4 aromatic carbocycles. The van der Waals surface area contributed by atoms with Gasteiger partial charge in [-0.25, -0.2) is 4.98 Å². The van der Waals surface area contributed by atoms with Gasteiger partial charge < -0.3 is 4.57 Å². The predicted octanol–water partition coefficient (Wildman–Crippen LogP) is 7.59. The van der Waals surface area contributed by atoms with Gasteiger partial charge in [0.1, 0.15) is 5.82 Å². The van der Waals surface area contributed by atoms with E-state index in [9.17, 15) is 0 Å². The third-order valence-corrected chi connectivity index (χ3v) is 6.35. The lowest BCUT2D eigenvalue weighted by Gasteiger charge is -2.16. The highest BCUT2D eigenvalue weighted by Crippen LogP contribution is 2.29. The molecule has 0 aliphatic heterocycles. The molecule has 2 heteroatoms. The van der Waals surface area contributed by atoms with Crippen molar-refractivity contribution in [2.45, 2.75) is 39.7 Å². The first-order valence-corrected chi connectivity index (χ1v) is 11.6. The predicted molar refractivity (Wildman–Crippen MR) is 135 cm³/mol. The fourth-order valence-electron chi connectivity index (χ4n) is 4.67. The molecule has 1 aromatic heterocycles. The second-order valence-corrected chi connectivity index (χ2v) is 9.29. The van der Waals surface area contributed by atoms with Gasteiger partial charge in [-0.3, -0.25) is 0 Å². The van der Waals surface area contributed by atoms with Crippen LogP contribution in [-0.2, 0) is 13.0 Å². The number of nitrogens with zero attached hydrogens (tertiary/aromatic N) is 2. The largest absolute Gasteiger partial charge is 0.323 e. The van der Waals surface area contributed by atoms with E-state index >= 15 is 0 Å². The normalized spacial score (nSPS) is 12.6. The average molecular weight is 419 g/mol. The summed E-state index contributed by atoms with van der Waals surface area (Å²) >= 11 is 0. The Hall–Kier alpha value is -3.39. The maximum Gasteiger partial charge on any atom is 0.117 e. The van der Waals surface area contributed by atoms with Gasteiger partial charge in [0.15, 0.2) is 0 Å². The van der Waals surface area contributed by atoms with Crippen molar-refractivity contribution < 1.29 is 0 Å². The number of fused-ring (bicyclic) bond motifs is 2.